The van der Waals surface area contributed by atoms with Crippen LogP contribution in [0.5, 0.6) is 0 Å². The van der Waals surface area contributed by atoms with Crippen LogP contribution in [0.4, 0.5) is 18.9 Å². The Kier molecular flexibility index (Phi) is 4.97. The minimum Gasteiger partial charge on any atom is -0.478 e. The van der Waals surface area contributed by atoms with E-state index in [9.17, 15) is 18.0 Å². The number of carboxylic acids is 1. The minimum atomic E-state index is -4.42. The van der Waals surface area contributed by atoms with Crippen molar-refractivity contribution in [3.05, 3.63) is 35.4 Å². The summed E-state index contributed by atoms with van der Waals surface area (Å²) in [5.74, 6) is -1.15. The molecule has 6 heteroatoms. The lowest BCUT2D eigenvalue weighted by Crippen LogP contribution is -2.08. The van der Waals surface area contributed by atoms with Crippen LogP contribution in [0.25, 0.3) is 6.08 Å². The number of rotatable bonds is 5. The Morgan fingerprint density at radius 3 is 2.63 bits per heavy atom. The maximum absolute atomic E-state index is 12.6. The van der Waals surface area contributed by atoms with Crippen LogP contribution in [0.3, 0.4) is 0 Å². The van der Waals surface area contributed by atoms with Gasteiger partial charge in [0, 0.05) is 18.3 Å². The number of hydrogen-bond donors (Lipinski definition) is 2. The molecule has 0 saturated carbocycles. The van der Waals surface area contributed by atoms with Crippen molar-refractivity contribution in [3.8, 4) is 0 Å². The largest absolute Gasteiger partial charge is 0.478 e. The average molecular weight is 273 g/mol. The van der Waals surface area contributed by atoms with Crippen molar-refractivity contribution < 1.29 is 23.1 Å². The summed E-state index contributed by atoms with van der Waals surface area (Å²) < 4.78 is 37.8. The number of alkyl halides is 3. The van der Waals surface area contributed by atoms with E-state index in [1.165, 1.54) is 12.1 Å². The highest BCUT2D eigenvalue weighted by Crippen LogP contribution is 2.32. The Hall–Kier alpha value is -1.98. The third-order valence-electron chi connectivity index (χ3n) is 2.35. The first kappa shape index (κ1) is 15.1. The smallest absolute Gasteiger partial charge is 0.416 e. The minimum absolute atomic E-state index is 0.272. The monoisotopic (exact) mass is 273 g/mol. The zero-order chi connectivity index (χ0) is 14.5. The number of anilines is 1. The number of nitrogens with one attached hydrogen (secondary N) is 1. The van der Waals surface area contributed by atoms with Gasteiger partial charge < -0.3 is 10.4 Å². The third kappa shape index (κ3) is 4.65. The maximum Gasteiger partial charge on any atom is 0.416 e. The predicted octanol–water partition coefficient (Wildman–Crippen LogP) is 3.63. The Labute approximate surface area is 108 Å². The van der Waals surface area contributed by atoms with E-state index in [1.54, 1.807) is 0 Å². The van der Waals surface area contributed by atoms with Gasteiger partial charge >= 0.3 is 12.1 Å². The van der Waals surface area contributed by atoms with Crippen molar-refractivity contribution in [2.24, 2.45) is 0 Å². The number of carbonyl (C=O) groups is 1. The Bertz CT molecular complexity index is 481. The zero-order valence-electron chi connectivity index (χ0n) is 10.3. The third-order valence-corrected chi connectivity index (χ3v) is 2.35. The first-order valence-electron chi connectivity index (χ1n) is 5.70. The molecule has 1 aromatic rings. The molecule has 0 unspecified atom stereocenters. The van der Waals surface area contributed by atoms with Crippen LogP contribution in [0.15, 0.2) is 24.3 Å². The van der Waals surface area contributed by atoms with E-state index in [0.717, 1.165) is 24.6 Å². The van der Waals surface area contributed by atoms with Gasteiger partial charge in [-0.15, -0.1) is 0 Å². The molecular weight excluding hydrogens is 259 g/mol. The van der Waals surface area contributed by atoms with Crippen molar-refractivity contribution >= 4 is 17.7 Å². The van der Waals surface area contributed by atoms with Crippen molar-refractivity contribution in [2.75, 3.05) is 11.9 Å². The molecule has 0 bridgehead atoms. The maximum atomic E-state index is 12.6. The molecule has 104 valence electrons. The first-order chi connectivity index (χ1) is 8.84. The fourth-order valence-electron chi connectivity index (χ4n) is 1.45. The van der Waals surface area contributed by atoms with Crippen LogP contribution in [-0.4, -0.2) is 17.6 Å². The van der Waals surface area contributed by atoms with E-state index >= 15 is 0 Å². The molecule has 0 amide bonds. The van der Waals surface area contributed by atoms with E-state index < -0.39 is 17.7 Å². The van der Waals surface area contributed by atoms with Crippen molar-refractivity contribution in [1.29, 1.82) is 0 Å². The first-order valence-corrected chi connectivity index (χ1v) is 5.70. The molecule has 0 aliphatic heterocycles. The van der Waals surface area contributed by atoms with Gasteiger partial charge in [-0.25, -0.2) is 4.79 Å². The lowest BCUT2D eigenvalue weighted by molar-refractivity contribution is -0.137. The van der Waals surface area contributed by atoms with E-state index in [4.69, 9.17) is 5.11 Å². The fourth-order valence-corrected chi connectivity index (χ4v) is 1.45. The van der Waals surface area contributed by atoms with Gasteiger partial charge in [-0.3, -0.25) is 0 Å². The van der Waals surface area contributed by atoms with Crippen LogP contribution in [0.2, 0.25) is 0 Å². The quantitative estimate of drug-likeness (QED) is 0.805. The molecule has 0 aliphatic rings. The van der Waals surface area contributed by atoms with Gasteiger partial charge in [0.2, 0.25) is 0 Å². The van der Waals surface area contributed by atoms with E-state index in [2.05, 4.69) is 5.32 Å². The molecule has 0 atom stereocenters. The van der Waals surface area contributed by atoms with Gasteiger partial charge in [0.15, 0.2) is 0 Å². The van der Waals surface area contributed by atoms with Crippen molar-refractivity contribution in [1.82, 2.24) is 0 Å². The highest BCUT2D eigenvalue weighted by molar-refractivity contribution is 5.87. The van der Waals surface area contributed by atoms with Gasteiger partial charge in [-0.2, -0.15) is 13.2 Å². The van der Waals surface area contributed by atoms with E-state index in [1.807, 2.05) is 6.92 Å². The van der Waals surface area contributed by atoms with Crippen LogP contribution >= 0.6 is 0 Å². The Morgan fingerprint density at radius 1 is 1.42 bits per heavy atom. The topological polar surface area (TPSA) is 49.3 Å². The molecule has 0 radical (unpaired) electrons. The molecule has 0 spiro atoms. The summed E-state index contributed by atoms with van der Waals surface area (Å²) in [7, 11) is 0. The summed E-state index contributed by atoms with van der Waals surface area (Å²) in [4.78, 5) is 10.4. The SMILES string of the molecule is CCCNc1cc(C(F)(F)F)ccc1C=CC(=O)O. The highest BCUT2D eigenvalue weighted by Gasteiger charge is 2.30. The van der Waals surface area contributed by atoms with Gasteiger partial charge in [0.1, 0.15) is 0 Å². The second-order valence-corrected chi connectivity index (χ2v) is 3.90. The second kappa shape index (κ2) is 6.26. The van der Waals surface area contributed by atoms with Gasteiger partial charge in [0.05, 0.1) is 5.56 Å². The summed E-state index contributed by atoms with van der Waals surface area (Å²) in [6.07, 6.45) is -1.52. The number of hydrogen-bond acceptors (Lipinski definition) is 2. The number of benzene rings is 1. The summed E-state index contributed by atoms with van der Waals surface area (Å²) in [5.41, 5.74) is -0.0865. The van der Waals surface area contributed by atoms with Crippen LogP contribution < -0.4 is 5.32 Å². The van der Waals surface area contributed by atoms with Gasteiger partial charge in [0.25, 0.3) is 0 Å². The van der Waals surface area contributed by atoms with Crippen LogP contribution in [-0.2, 0) is 11.0 Å². The Morgan fingerprint density at radius 2 is 2.11 bits per heavy atom. The van der Waals surface area contributed by atoms with Crippen molar-refractivity contribution in [3.63, 3.8) is 0 Å². The Balaban J connectivity index is 3.12. The summed E-state index contributed by atoms with van der Waals surface area (Å²) in [5, 5.41) is 11.4. The summed E-state index contributed by atoms with van der Waals surface area (Å²) in [6.45, 7) is 2.39. The second-order valence-electron chi connectivity index (χ2n) is 3.90. The average Bonchev–Trinajstić information content (AvgIpc) is 2.32. The van der Waals surface area contributed by atoms with Crippen molar-refractivity contribution in [2.45, 2.75) is 19.5 Å². The molecule has 1 aromatic carbocycles. The lowest BCUT2D eigenvalue weighted by Gasteiger charge is -2.13. The molecule has 0 saturated heterocycles. The molecule has 0 heterocycles. The number of carboxylic acid groups (broad SMARTS) is 1. The molecule has 1 rings (SSSR count). The van der Waals surface area contributed by atoms with E-state index in [0.29, 0.717) is 12.1 Å². The molecule has 0 aliphatic carbocycles. The molecule has 3 nitrogen and oxygen atoms in total. The predicted molar refractivity (Wildman–Crippen MR) is 66.9 cm³/mol. The molecule has 19 heavy (non-hydrogen) atoms. The lowest BCUT2D eigenvalue weighted by atomic mass is 10.1. The van der Waals surface area contributed by atoms with Crippen LogP contribution in [0.1, 0.15) is 24.5 Å². The molecular formula is C13H14F3NO2. The number of aliphatic carboxylic acids is 1. The molecule has 2 N–H and O–H groups in total. The standard InChI is InChI=1S/C13H14F3NO2/c1-2-7-17-11-8-10(13(14,15)16)5-3-9(11)4-6-12(18)19/h3-6,8,17H,2,7H2,1H3,(H,18,19). The summed E-state index contributed by atoms with van der Waals surface area (Å²) in [6, 6.07) is 3.16. The van der Waals surface area contributed by atoms with Gasteiger partial charge in [-0.1, -0.05) is 13.0 Å². The van der Waals surface area contributed by atoms with Crippen LogP contribution in [0, 0.1) is 0 Å². The zero-order valence-corrected chi connectivity index (χ0v) is 10.3. The van der Waals surface area contributed by atoms with Gasteiger partial charge in [-0.05, 0) is 30.2 Å². The fraction of sp³-hybridized carbons (Fsp3) is 0.308. The number of halogens is 3. The van der Waals surface area contributed by atoms with E-state index in [-0.39, 0.29) is 5.69 Å². The highest BCUT2D eigenvalue weighted by atomic mass is 19.4. The normalized spacial score (nSPS) is 11.8. The molecule has 0 fully saturated rings. The summed E-state index contributed by atoms with van der Waals surface area (Å²) >= 11 is 0. The molecule has 0 aromatic heterocycles.